The van der Waals surface area contributed by atoms with Crippen LogP contribution in [0.25, 0.3) is 0 Å². The van der Waals surface area contributed by atoms with Crippen molar-refractivity contribution in [3.05, 3.63) is 23.8 Å². The van der Waals surface area contributed by atoms with Crippen LogP contribution in [0.15, 0.2) is 12.1 Å². The number of nitrogens with one attached hydrogen (secondary N) is 1. The third-order valence-electron chi connectivity index (χ3n) is 3.41. The average Bonchev–Trinajstić information content (AvgIpc) is 2.43. The van der Waals surface area contributed by atoms with E-state index in [1.807, 2.05) is 0 Å². The molecule has 3 N–H and O–H groups in total. The van der Waals surface area contributed by atoms with Crippen LogP contribution in [0.1, 0.15) is 12.8 Å². The molecule has 2 rings (SSSR count). The van der Waals surface area contributed by atoms with Crippen LogP contribution >= 0.6 is 0 Å². The summed E-state index contributed by atoms with van der Waals surface area (Å²) >= 11 is 0. The molecule has 2 amide bonds. The molecule has 0 radical (unpaired) electrons. The van der Waals surface area contributed by atoms with Gasteiger partial charge < -0.3 is 20.7 Å². The summed E-state index contributed by atoms with van der Waals surface area (Å²) in [7, 11) is 1.40. The number of rotatable bonds is 3. The summed E-state index contributed by atoms with van der Waals surface area (Å²) in [6.45, 7) is 1.08. The molecule has 7 heteroatoms. The molecule has 1 aliphatic rings. The maximum atomic E-state index is 13.3. The summed E-state index contributed by atoms with van der Waals surface area (Å²) in [4.78, 5) is 12.6. The van der Waals surface area contributed by atoms with E-state index >= 15 is 0 Å². The zero-order chi connectivity index (χ0) is 14.7. The molecule has 0 saturated carbocycles. The lowest BCUT2D eigenvalue weighted by Gasteiger charge is -2.32. The third kappa shape index (κ3) is 3.09. The molecule has 1 fully saturated rings. The summed E-state index contributed by atoms with van der Waals surface area (Å²) in [6, 6.07) is 1.71. The van der Waals surface area contributed by atoms with Gasteiger partial charge in [0.1, 0.15) is 5.75 Å². The highest BCUT2D eigenvalue weighted by Gasteiger charge is 2.22. The first-order valence-electron chi connectivity index (χ1n) is 6.35. The van der Waals surface area contributed by atoms with Crippen molar-refractivity contribution in [2.45, 2.75) is 18.9 Å². The Labute approximate surface area is 115 Å². The van der Waals surface area contributed by atoms with Gasteiger partial charge in [-0.05, 0) is 12.8 Å². The summed E-state index contributed by atoms with van der Waals surface area (Å²) < 4.78 is 31.4. The highest BCUT2D eigenvalue weighted by atomic mass is 19.2. The number of anilines is 1. The Morgan fingerprint density at radius 2 is 1.95 bits per heavy atom. The van der Waals surface area contributed by atoms with Crippen molar-refractivity contribution in [2.24, 2.45) is 5.73 Å². The number of primary amides is 1. The van der Waals surface area contributed by atoms with Crippen molar-refractivity contribution in [2.75, 3.05) is 25.5 Å². The van der Waals surface area contributed by atoms with E-state index in [1.165, 1.54) is 7.11 Å². The van der Waals surface area contributed by atoms with Crippen LogP contribution in [0.3, 0.4) is 0 Å². The predicted octanol–water partition coefficient (Wildman–Crippen LogP) is 1.93. The Hall–Kier alpha value is -2.05. The number of urea groups is 1. The summed E-state index contributed by atoms with van der Waals surface area (Å²) in [6.07, 6.45) is 1.37. The number of ether oxygens (including phenoxy) is 1. The van der Waals surface area contributed by atoms with Gasteiger partial charge in [-0.1, -0.05) is 0 Å². The number of likely N-dealkylation sites (tertiary alicyclic amines) is 1. The Bertz CT molecular complexity index is 503. The number of piperidine rings is 1. The lowest BCUT2D eigenvalue weighted by Crippen LogP contribution is -2.44. The fraction of sp³-hybridized carbons (Fsp3) is 0.462. The van der Waals surface area contributed by atoms with Crippen molar-refractivity contribution in [1.29, 1.82) is 0 Å². The molecule has 0 aromatic heterocycles. The lowest BCUT2D eigenvalue weighted by atomic mass is 10.0. The molecule has 1 saturated heterocycles. The monoisotopic (exact) mass is 285 g/mol. The van der Waals surface area contributed by atoms with Gasteiger partial charge in [-0.25, -0.2) is 13.6 Å². The number of methoxy groups -OCH3 is 1. The van der Waals surface area contributed by atoms with Gasteiger partial charge in [0.05, 0.1) is 12.8 Å². The van der Waals surface area contributed by atoms with Crippen LogP contribution < -0.4 is 15.8 Å². The number of nitrogens with two attached hydrogens (primary N) is 1. The minimum atomic E-state index is -0.948. The Kier molecular flexibility index (Phi) is 4.26. The van der Waals surface area contributed by atoms with E-state index < -0.39 is 17.7 Å². The first-order valence-corrected chi connectivity index (χ1v) is 6.35. The van der Waals surface area contributed by atoms with E-state index in [4.69, 9.17) is 10.5 Å². The van der Waals surface area contributed by atoms with E-state index in [2.05, 4.69) is 5.32 Å². The van der Waals surface area contributed by atoms with Crippen molar-refractivity contribution >= 4 is 11.7 Å². The quantitative estimate of drug-likeness (QED) is 0.891. The van der Waals surface area contributed by atoms with E-state index in [-0.39, 0.29) is 11.8 Å². The molecule has 0 spiro atoms. The molecule has 5 nitrogen and oxygen atoms in total. The highest BCUT2D eigenvalue weighted by molar-refractivity contribution is 5.72. The summed E-state index contributed by atoms with van der Waals surface area (Å²) in [5.74, 6) is -1.62. The molecule has 0 aliphatic carbocycles. The molecule has 0 bridgehead atoms. The fourth-order valence-corrected chi connectivity index (χ4v) is 2.27. The van der Waals surface area contributed by atoms with Crippen molar-refractivity contribution in [3.63, 3.8) is 0 Å². The van der Waals surface area contributed by atoms with Crippen LogP contribution in [0, 0.1) is 11.6 Å². The standard InChI is InChI=1S/C13H17F2N3O2/c1-20-12-7-10(15)9(14)6-11(12)17-8-2-4-18(5-3-8)13(16)19/h6-8,17H,2-5H2,1H3,(H2,16,19). The maximum absolute atomic E-state index is 13.3. The first kappa shape index (κ1) is 14.4. The molecule has 1 aromatic rings. The molecular weight excluding hydrogens is 268 g/mol. The smallest absolute Gasteiger partial charge is 0.314 e. The molecule has 1 aliphatic heterocycles. The van der Waals surface area contributed by atoms with Crippen LogP contribution in [0.4, 0.5) is 19.3 Å². The lowest BCUT2D eigenvalue weighted by molar-refractivity contribution is 0.193. The van der Waals surface area contributed by atoms with Gasteiger partial charge >= 0.3 is 6.03 Å². The average molecular weight is 285 g/mol. The van der Waals surface area contributed by atoms with Gasteiger partial charge in [-0.3, -0.25) is 0 Å². The molecule has 1 aromatic carbocycles. The summed E-state index contributed by atoms with van der Waals surface area (Å²) in [5.41, 5.74) is 5.61. The number of amides is 2. The zero-order valence-corrected chi connectivity index (χ0v) is 11.2. The molecule has 1 heterocycles. The number of carbonyl (C=O) groups is 1. The van der Waals surface area contributed by atoms with Gasteiger partial charge in [0.2, 0.25) is 0 Å². The van der Waals surface area contributed by atoms with E-state index in [0.29, 0.717) is 31.6 Å². The number of hydrogen-bond acceptors (Lipinski definition) is 3. The molecule has 110 valence electrons. The molecule has 0 unspecified atom stereocenters. The van der Waals surface area contributed by atoms with Crippen molar-refractivity contribution < 1.29 is 18.3 Å². The predicted molar refractivity (Wildman–Crippen MR) is 70.7 cm³/mol. The van der Waals surface area contributed by atoms with Gasteiger partial charge in [-0.2, -0.15) is 0 Å². The minimum Gasteiger partial charge on any atom is -0.494 e. The second-order valence-electron chi connectivity index (χ2n) is 4.71. The van der Waals surface area contributed by atoms with Crippen LogP contribution in [-0.4, -0.2) is 37.2 Å². The van der Waals surface area contributed by atoms with Gasteiger partial charge in [0, 0.05) is 31.3 Å². The summed E-state index contributed by atoms with van der Waals surface area (Å²) in [5, 5.41) is 3.12. The topological polar surface area (TPSA) is 67.6 Å². The Morgan fingerprint density at radius 1 is 1.35 bits per heavy atom. The number of halogens is 2. The normalized spacial score (nSPS) is 16.1. The molecule has 20 heavy (non-hydrogen) atoms. The largest absolute Gasteiger partial charge is 0.494 e. The van der Waals surface area contributed by atoms with Gasteiger partial charge in [0.15, 0.2) is 11.6 Å². The number of nitrogens with zero attached hydrogens (tertiary/aromatic N) is 1. The highest BCUT2D eigenvalue weighted by Crippen LogP contribution is 2.29. The molecule has 0 atom stereocenters. The maximum Gasteiger partial charge on any atom is 0.314 e. The minimum absolute atomic E-state index is 0.0596. The van der Waals surface area contributed by atoms with Crippen molar-refractivity contribution in [1.82, 2.24) is 4.90 Å². The first-order chi connectivity index (χ1) is 9.51. The van der Waals surface area contributed by atoms with Crippen LogP contribution in [0.2, 0.25) is 0 Å². The van der Waals surface area contributed by atoms with Gasteiger partial charge in [-0.15, -0.1) is 0 Å². The van der Waals surface area contributed by atoms with Crippen molar-refractivity contribution in [3.8, 4) is 5.75 Å². The Morgan fingerprint density at radius 3 is 2.50 bits per heavy atom. The van der Waals surface area contributed by atoms with Crippen LogP contribution in [0.5, 0.6) is 5.75 Å². The van der Waals surface area contributed by atoms with Crippen LogP contribution in [-0.2, 0) is 0 Å². The SMILES string of the molecule is COc1cc(F)c(F)cc1NC1CCN(C(N)=O)CC1. The second kappa shape index (κ2) is 5.94. The number of benzene rings is 1. The Balaban J connectivity index is 2.04. The zero-order valence-electron chi connectivity index (χ0n) is 11.2. The number of carbonyl (C=O) groups excluding carboxylic acids is 1. The molecular formula is C13H17F2N3O2. The van der Waals surface area contributed by atoms with E-state index in [1.54, 1.807) is 4.90 Å². The fourth-order valence-electron chi connectivity index (χ4n) is 2.27. The number of hydrogen-bond donors (Lipinski definition) is 2. The van der Waals surface area contributed by atoms with E-state index in [0.717, 1.165) is 12.1 Å². The van der Waals surface area contributed by atoms with Gasteiger partial charge in [0.25, 0.3) is 0 Å². The van der Waals surface area contributed by atoms with E-state index in [9.17, 15) is 13.6 Å². The third-order valence-corrected chi connectivity index (χ3v) is 3.41. The second-order valence-corrected chi connectivity index (χ2v) is 4.71.